The highest BCUT2D eigenvalue weighted by molar-refractivity contribution is 5.88. The van der Waals surface area contributed by atoms with Crippen LogP contribution in [0.15, 0.2) is 116 Å². The standard InChI is InChI=1S/C25H28N6O2.C24H27N5O2/c1-17-8-7-11-19(12-17)13-20-21-22(26)28-16-29-23(21)31(30-20)25(2,3)15-27-24(32)33-14-18-9-5-4-6-10-18;1-17-8-7-11-19(12-17)13-21-20(14-25)22(26)29(28-21)24(2,3)16-27-23(30)31-15-18-9-5-4-6-10-18/h4-12,16H,13-15H2,1-3H3,(H,27,32)(H2,26,28,29);4-12H,13,15-16,26H2,1-3H3,(H,27,30). The van der Waals surface area contributed by atoms with Crippen LogP contribution in [0.4, 0.5) is 21.2 Å². The second-order valence-electron chi connectivity index (χ2n) is 16.8. The Morgan fingerprint density at radius 2 is 1.12 bits per heavy atom. The summed E-state index contributed by atoms with van der Waals surface area (Å²) in [5.74, 6) is 0.675. The van der Waals surface area contributed by atoms with Gasteiger partial charge in [0.2, 0.25) is 0 Å². The number of hydrogen-bond acceptors (Lipinski definition) is 11. The smallest absolute Gasteiger partial charge is 0.407 e. The Bertz CT molecular complexity index is 2740. The number of carbonyl (C=O) groups excluding carboxylic acids is 2. The van der Waals surface area contributed by atoms with Crippen LogP contribution in [0.25, 0.3) is 11.0 Å². The number of nitrogens with one attached hydrogen (secondary N) is 2. The quantitative estimate of drug-likeness (QED) is 0.0826. The number of aromatic nitrogens is 6. The molecule has 0 aliphatic heterocycles. The lowest BCUT2D eigenvalue weighted by Gasteiger charge is -2.26. The number of aryl methyl sites for hydroxylation is 2. The van der Waals surface area contributed by atoms with Crippen molar-refractivity contribution in [2.45, 2.75) is 78.7 Å². The van der Waals surface area contributed by atoms with Gasteiger partial charge in [0.25, 0.3) is 0 Å². The molecule has 3 aromatic heterocycles. The van der Waals surface area contributed by atoms with Crippen LogP contribution >= 0.6 is 0 Å². The molecule has 15 heteroatoms. The number of rotatable bonds is 14. The highest BCUT2D eigenvalue weighted by atomic mass is 16.6. The van der Waals surface area contributed by atoms with Crippen molar-refractivity contribution in [1.82, 2.24) is 40.2 Å². The number of carbonyl (C=O) groups is 2. The van der Waals surface area contributed by atoms with E-state index < -0.39 is 23.3 Å². The Morgan fingerprint density at radius 1 is 0.656 bits per heavy atom. The van der Waals surface area contributed by atoms with Crippen molar-refractivity contribution in [2.75, 3.05) is 24.6 Å². The molecule has 0 unspecified atom stereocenters. The molecule has 0 fully saturated rings. The Labute approximate surface area is 373 Å². The molecule has 0 spiro atoms. The van der Waals surface area contributed by atoms with Crippen LogP contribution in [0.5, 0.6) is 0 Å². The molecule has 6 N–H and O–H groups in total. The van der Waals surface area contributed by atoms with Crippen LogP contribution in [0.3, 0.4) is 0 Å². The van der Waals surface area contributed by atoms with Crippen molar-refractivity contribution < 1.29 is 19.1 Å². The Hall–Kier alpha value is -7.73. The molecule has 0 bridgehead atoms. The maximum absolute atomic E-state index is 12.3. The molecule has 3 heterocycles. The van der Waals surface area contributed by atoms with E-state index in [1.807, 2.05) is 124 Å². The van der Waals surface area contributed by atoms with Gasteiger partial charge in [0, 0.05) is 25.9 Å². The minimum Gasteiger partial charge on any atom is -0.445 e. The minimum atomic E-state index is -0.660. The largest absolute Gasteiger partial charge is 0.445 e. The summed E-state index contributed by atoms with van der Waals surface area (Å²) in [5.41, 5.74) is 20.0. The van der Waals surface area contributed by atoms with Crippen molar-refractivity contribution in [2.24, 2.45) is 0 Å². The van der Waals surface area contributed by atoms with Gasteiger partial charge in [0.1, 0.15) is 42.8 Å². The topological polar surface area (TPSA) is 214 Å². The number of benzene rings is 4. The Kier molecular flexibility index (Phi) is 14.6. The van der Waals surface area contributed by atoms with Gasteiger partial charge in [0.05, 0.1) is 27.9 Å². The molecule has 330 valence electrons. The summed E-state index contributed by atoms with van der Waals surface area (Å²) in [5, 5.41) is 25.5. The van der Waals surface area contributed by atoms with Crippen LogP contribution in [0.1, 0.15) is 78.0 Å². The number of alkyl carbamates (subject to hydrolysis) is 2. The third-order valence-electron chi connectivity index (χ3n) is 10.5. The van der Waals surface area contributed by atoms with E-state index in [0.29, 0.717) is 42.1 Å². The lowest BCUT2D eigenvalue weighted by Crippen LogP contribution is -2.42. The molecule has 15 nitrogen and oxygen atoms in total. The van der Waals surface area contributed by atoms with Gasteiger partial charge in [-0.1, -0.05) is 120 Å². The third-order valence-corrected chi connectivity index (χ3v) is 10.5. The van der Waals surface area contributed by atoms with E-state index in [-0.39, 0.29) is 25.6 Å². The lowest BCUT2D eigenvalue weighted by atomic mass is 10.0. The predicted molar refractivity (Wildman–Crippen MR) is 247 cm³/mol. The fourth-order valence-corrected chi connectivity index (χ4v) is 7.08. The van der Waals surface area contributed by atoms with Crippen LogP contribution in [-0.2, 0) is 46.6 Å². The van der Waals surface area contributed by atoms with Gasteiger partial charge in [-0.25, -0.2) is 28.9 Å². The van der Waals surface area contributed by atoms with Crippen LogP contribution < -0.4 is 22.1 Å². The van der Waals surface area contributed by atoms with Crippen molar-refractivity contribution in [3.8, 4) is 6.07 Å². The fraction of sp³-hybridized carbons (Fsp3) is 0.286. The normalized spacial score (nSPS) is 11.3. The van der Waals surface area contributed by atoms with E-state index in [0.717, 1.165) is 38.9 Å². The SMILES string of the molecule is Cc1cccc(Cc2nn(C(C)(C)CNC(=O)OCc3ccccc3)c(N)c2C#N)c1.Cc1cccc(Cc2nn(C(C)(C)CNC(=O)OCc3ccccc3)c3ncnc(N)c23)c1. The Morgan fingerprint density at radius 3 is 1.62 bits per heavy atom. The molecule has 0 saturated carbocycles. The van der Waals surface area contributed by atoms with Crippen molar-refractivity contribution in [3.63, 3.8) is 0 Å². The fourth-order valence-electron chi connectivity index (χ4n) is 7.08. The summed E-state index contributed by atoms with van der Waals surface area (Å²) < 4.78 is 14.0. The van der Waals surface area contributed by atoms with Crippen LogP contribution in [0.2, 0.25) is 0 Å². The number of anilines is 2. The second kappa shape index (κ2) is 20.4. The first-order valence-corrected chi connectivity index (χ1v) is 20.9. The minimum absolute atomic E-state index is 0.191. The number of nitriles is 1. The van der Waals surface area contributed by atoms with Crippen molar-refractivity contribution >= 4 is 34.9 Å². The third kappa shape index (κ3) is 11.8. The van der Waals surface area contributed by atoms with E-state index in [1.165, 1.54) is 11.9 Å². The van der Waals surface area contributed by atoms with Gasteiger partial charge < -0.3 is 31.6 Å². The lowest BCUT2D eigenvalue weighted by molar-refractivity contribution is 0.134. The van der Waals surface area contributed by atoms with E-state index in [1.54, 1.807) is 4.68 Å². The van der Waals surface area contributed by atoms with E-state index in [2.05, 4.69) is 63.0 Å². The van der Waals surface area contributed by atoms with E-state index >= 15 is 0 Å². The highest BCUT2D eigenvalue weighted by Gasteiger charge is 2.30. The first-order chi connectivity index (χ1) is 30.6. The number of nitrogen functional groups attached to an aromatic ring is 2. The number of nitrogens with two attached hydrogens (primary N) is 2. The Balaban J connectivity index is 0.000000213. The molecule has 0 saturated heterocycles. The molecule has 0 atom stereocenters. The van der Waals surface area contributed by atoms with Gasteiger partial charge >= 0.3 is 12.2 Å². The van der Waals surface area contributed by atoms with E-state index in [9.17, 15) is 14.9 Å². The molecule has 0 radical (unpaired) electrons. The number of amides is 2. The number of nitrogens with zero attached hydrogens (tertiary/aromatic N) is 7. The summed E-state index contributed by atoms with van der Waals surface area (Å²) in [6.45, 7) is 12.8. The summed E-state index contributed by atoms with van der Waals surface area (Å²) >= 11 is 0. The van der Waals surface area contributed by atoms with Gasteiger partial charge in [-0.3, -0.25) is 0 Å². The predicted octanol–water partition coefficient (Wildman–Crippen LogP) is 7.87. The second-order valence-corrected chi connectivity index (χ2v) is 16.8. The average Bonchev–Trinajstić information content (AvgIpc) is 3.82. The zero-order valence-corrected chi connectivity index (χ0v) is 37.1. The monoisotopic (exact) mass is 861 g/mol. The summed E-state index contributed by atoms with van der Waals surface area (Å²) in [6.07, 6.45) is 1.53. The molecule has 2 amide bonds. The molecule has 7 rings (SSSR count). The number of fused-ring (bicyclic) bond motifs is 1. The summed E-state index contributed by atoms with van der Waals surface area (Å²) in [6, 6.07) is 37.5. The molecule has 7 aromatic rings. The van der Waals surface area contributed by atoms with Crippen molar-refractivity contribution in [1.29, 1.82) is 5.26 Å². The molecule has 4 aromatic carbocycles. The van der Waals surface area contributed by atoms with Crippen LogP contribution in [-0.4, -0.2) is 54.8 Å². The van der Waals surface area contributed by atoms with Crippen LogP contribution in [0, 0.1) is 25.2 Å². The van der Waals surface area contributed by atoms with Crippen molar-refractivity contribution in [3.05, 3.63) is 166 Å². The van der Waals surface area contributed by atoms with Gasteiger partial charge in [-0.15, -0.1) is 0 Å². The van der Waals surface area contributed by atoms with Gasteiger partial charge in [0.15, 0.2) is 5.65 Å². The zero-order chi connectivity index (χ0) is 45.9. The molecular formula is C49H55N11O4. The maximum atomic E-state index is 12.3. The number of ether oxygens (including phenoxy) is 2. The molecule has 0 aliphatic rings. The first-order valence-electron chi connectivity index (χ1n) is 20.9. The zero-order valence-electron chi connectivity index (χ0n) is 37.1. The van der Waals surface area contributed by atoms with Gasteiger partial charge in [-0.2, -0.15) is 15.5 Å². The summed E-state index contributed by atoms with van der Waals surface area (Å²) in [4.78, 5) is 33.0. The average molecular weight is 862 g/mol. The molecule has 0 aliphatic carbocycles. The highest BCUT2D eigenvalue weighted by Crippen LogP contribution is 2.29. The summed E-state index contributed by atoms with van der Waals surface area (Å²) in [7, 11) is 0. The van der Waals surface area contributed by atoms with Gasteiger partial charge in [-0.05, 0) is 63.8 Å². The molecule has 64 heavy (non-hydrogen) atoms. The number of hydrogen-bond donors (Lipinski definition) is 4. The first kappa shape index (κ1) is 45.8. The van der Waals surface area contributed by atoms with E-state index in [4.69, 9.17) is 26.0 Å². The maximum Gasteiger partial charge on any atom is 0.407 e. The molecular weight excluding hydrogens is 807 g/mol.